The zero-order valence-corrected chi connectivity index (χ0v) is 12.8. The molecule has 1 aliphatic heterocycles. The fraction of sp³-hybridized carbons (Fsp3) is 0.867. The molecule has 1 heterocycles. The average molecular weight is 297 g/mol. The quantitative estimate of drug-likeness (QED) is 0.241. The smallest absolute Gasteiger partial charge is 0.233 e. The lowest BCUT2D eigenvalue weighted by Gasteiger charge is -2.30. The number of nitrogens with zero attached hydrogens (tertiary/aromatic N) is 1. The van der Waals surface area contributed by atoms with E-state index in [1.54, 1.807) is 0 Å². The maximum absolute atomic E-state index is 12.7. The number of nitrogens with one attached hydrogen (secondary N) is 1. The van der Waals surface area contributed by atoms with Crippen LogP contribution in [0, 0.1) is 11.3 Å². The van der Waals surface area contributed by atoms with E-state index in [1.807, 2.05) is 6.92 Å². The molecule has 2 unspecified atom stereocenters. The second-order valence-electron chi connectivity index (χ2n) is 6.32. The van der Waals surface area contributed by atoms with Gasteiger partial charge in [0.05, 0.1) is 6.10 Å². The molecular formula is C15H27N3O3. The topological polar surface area (TPSA) is 96.9 Å². The van der Waals surface area contributed by atoms with Crippen molar-refractivity contribution in [1.29, 1.82) is 0 Å². The van der Waals surface area contributed by atoms with Gasteiger partial charge >= 0.3 is 0 Å². The minimum Gasteiger partial charge on any atom is -0.409 e. The van der Waals surface area contributed by atoms with Gasteiger partial charge in [0.15, 0.2) is 5.84 Å². The van der Waals surface area contributed by atoms with E-state index in [-0.39, 0.29) is 17.8 Å². The van der Waals surface area contributed by atoms with E-state index in [4.69, 9.17) is 15.7 Å². The SMILES string of the molecule is CC1OCCC1CNC(=O)C1(C(N)=NO)CCCCCC1. The summed E-state index contributed by atoms with van der Waals surface area (Å²) < 4.78 is 5.52. The monoisotopic (exact) mass is 297 g/mol. The van der Waals surface area contributed by atoms with Gasteiger partial charge in [-0.05, 0) is 26.2 Å². The van der Waals surface area contributed by atoms with Crippen LogP contribution in [-0.4, -0.2) is 36.2 Å². The third-order valence-electron chi connectivity index (χ3n) is 5.05. The van der Waals surface area contributed by atoms with Crippen molar-refractivity contribution in [2.75, 3.05) is 13.2 Å². The molecule has 0 radical (unpaired) electrons. The lowest BCUT2D eigenvalue weighted by Crippen LogP contribution is -2.50. The van der Waals surface area contributed by atoms with Crippen LogP contribution in [0.4, 0.5) is 0 Å². The molecule has 0 aromatic carbocycles. The molecule has 0 bridgehead atoms. The maximum atomic E-state index is 12.7. The van der Waals surface area contributed by atoms with Crippen molar-refractivity contribution in [2.24, 2.45) is 22.2 Å². The summed E-state index contributed by atoms with van der Waals surface area (Å²) in [6.45, 7) is 3.39. The van der Waals surface area contributed by atoms with Gasteiger partial charge in [-0.25, -0.2) is 0 Å². The first-order valence-electron chi connectivity index (χ1n) is 7.98. The largest absolute Gasteiger partial charge is 0.409 e. The molecule has 2 atom stereocenters. The van der Waals surface area contributed by atoms with Crippen LogP contribution in [0.5, 0.6) is 0 Å². The summed E-state index contributed by atoms with van der Waals surface area (Å²) in [5.41, 5.74) is 5.04. The number of amidine groups is 1. The van der Waals surface area contributed by atoms with Gasteiger partial charge in [-0.1, -0.05) is 30.8 Å². The number of nitrogens with two attached hydrogens (primary N) is 1. The molecule has 1 saturated carbocycles. The van der Waals surface area contributed by atoms with Crippen LogP contribution < -0.4 is 11.1 Å². The van der Waals surface area contributed by atoms with Crippen LogP contribution in [0.2, 0.25) is 0 Å². The van der Waals surface area contributed by atoms with Crippen molar-refractivity contribution in [2.45, 2.75) is 58.0 Å². The molecule has 1 amide bonds. The lowest BCUT2D eigenvalue weighted by molar-refractivity contribution is -0.128. The molecule has 6 nitrogen and oxygen atoms in total. The summed E-state index contributed by atoms with van der Waals surface area (Å²) in [5.74, 6) is 0.306. The first-order valence-corrected chi connectivity index (χ1v) is 7.98. The van der Waals surface area contributed by atoms with E-state index in [0.717, 1.165) is 38.7 Å². The van der Waals surface area contributed by atoms with Gasteiger partial charge < -0.3 is 21.0 Å². The Hall–Kier alpha value is -1.30. The Morgan fingerprint density at radius 1 is 1.38 bits per heavy atom. The summed E-state index contributed by atoms with van der Waals surface area (Å²) in [6.07, 6.45) is 6.54. The van der Waals surface area contributed by atoms with Crippen LogP contribution >= 0.6 is 0 Å². The Bertz CT molecular complexity index is 390. The highest BCUT2D eigenvalue weighted by Crippen LogP contribution is 2.36. The van der Waals surface area contributed by atoms with Gasteiger partial charge in [0.1, 0.15) is 5.41 Å². The molecule has 21 heavy (non-hydrogen) atoms. The van der Waals surface area contributed by atoms with Gasteiger partial charge in [-0.3, -0.25) is 4.79 Å². The molecule has 120 valence electrons. The van der Waals surface area contributed by atoms with Crippen LogP contribution in [0.15, 0.2) is 5.16 Å². The highest BCUT2D eigenvalue weighted by Gasteiger charge is 2.43. The number of hydrogen-bond donors (Lipinski definition) is 3. The summed E-state index contributed by atoms with van der Waals surface area (Å²) in [5, 5.41) is 15.2. The van der Waals surface area contributed by atoms with E-state index in [9.17, 15) is 4.79 Å². The molecule has 2 aliphatic rings. The summed E-state index contributed by atoms with van der Waals surface area (Å²) in [6, 6.07) is 0. The number of carbonyl (C=O) groups is 1. The molecule has 0 aromatic rings. The Kier molecular flexibility index (Phi) is 5.45. The Labute approximate surface area is 126 Å². The zero-order valence-electron chi connectivity index (χ0n) is 12.8. The van der Waals surface area contributed by atoms with Crippen LogP contribution in [0.3, 0.4) is 0 Å². The van der Waals surface area contributed by atoms with E-state index >= 15 is 0 Å². The minimum atomic E-state index is -0.839. The molecule has 6 heteroatoms. The molecule has 0 aromatic heterocycles. The van der Waals surface area contributed by atoms with Crippen molar-refractivity contribution in [1.82, 2.24) is 5.32 Å². The molecule has 0 spiro atoms. The van der Waals surface area contributed by atoms with Crippen molar-refractivity contribution in [3.05, 3.63) is 0 Å². The number of rotatable bonds is 4. The van der Waals surface area contributed by atoms with Crippen molar-refractivity contribution in [3.63, 3.8) is 0 Å². The van der Waals surface area contributed by atoms with Gasteiger partial charge in [0.25, 0.3) is 0 Å². The number of hydrogen-bond acceptors (Lipinski definition) is 4. The van der Waals surface area contributed by atoms with Crippen molar-refractivity contribution in [3.8, 4) is 0 Å². The normalized spacial score (nSPS) is 29.9. The number of amides is 1. The van der Waals surface area contributed by atoms with Crippen molar-refractivity contribution < 1.29 is 14.7 Å². The standard InChI is InChI=1S/C15H27N3O3/c1-11-12(6-9-21-11)10-17-14(19)15(13(16)18-20)7-4-2-3-5-8-15/h11-12,20H,2-10H2,1H3,(H2,16,18)(H,17,19). The van der Waals surface area contributed by atoms with Crippen LogP contribution in [0.25, 0.3) is 0 Å². The molecular weight excluding hydrogens is 270 g/mol. The Morgan fingerprint density at radius 2 is 2.05 bits per heavy atom. The average Bonchev–Trinajstić information content (AvgIpc) is 2.76. The third-order valence-corrected chi connectivity index (χ3v) is 5.05. The van der Waals surface area contributed by atoms with Gasteiger partial charge in [0.2, 0.25) is 5.91 Å². The Morgan fingerprint density at radius 3 is 2.57 bits per heavy atom. The van der Waals surface area contributed by atoms with Gasteiger partial charge in [-0.2, -0.15) is 0 Å². The molecule has 2 fully saturated rings. The predicted octanol–water partition coefficient (Wildman–Crippen LogP) is 1.61. The van der Waals surface area contributed by atoms with E-state index < -0.39 is 5.41 Å². The predicted molar refractivity (Wildman–Crippen MR) is 80.1 cm³/mol. The van der Waals surface area contributed by atoms with E-state index in [2.05, 4.69) is 10.5 Å². The summed E-state index contributed by atoms with van der Waals surface area (Å²) in [4.78, 5) is 12.7. The fourth-order valence-electron chi connectivity index (χ4n) is 3.46. The summed E-state index contributed by atoms with van der Waals surface area (Å²) >= 11 is 0. The minimum absolute atomic E-state index is 0.0534. The summed E-state index contributed by atoms with van der Waals surface area (Å²) in [7, 11) is 0. The zero-order chi connectivity index (χ0) is 15.3. The third kappa shape index (κ3) is 3.48. The van der Waals surface area contributed by atoms with Gasteiger partial charge in [0, 0.05) is 19.1 Å². The second kappa shape index (κ2) is 7.11. The lowest BCUT2D eigenvalue weighted by atomic mass is 9.78. The Balaban J connectivity index is 2.03. The van der Waals surface area contributed by atoms with E-state index in [1.165, 1.54) is 0 Å². The number of oxime groups is 1. The van der Waals surface area contributed by atoms with Crippen LogP contribution in [0.1, 0.15) is 51.9 Å². The van der Waals surface area contributed by atoms with Crippen LogP contribution in [-0.2, 0) is 9.53 Å². The first kappa shape index (κ1) is 16.1. The molecule has 4 N–H and O–H groups in total. The van der Waals surface area contributed by atoms with Crippen molar-refractivity contribution >= 4 is 11.7 Å². The maximum Gasteiger partial charge on any atom is 0.233 e. The first-order chi connectivity index (χ1) is 10.1. The fourth-order valence-corrected chi connectivity index (χ4v) is 3.46. The molecule has 1 aliphatic carbocycles. The highest BCUT2D eigenvalue weighted by molar-refractivity contribution is 6.06. The molecule has 1 saturated heterocycles. The van der Waals surface area contributed by atoms with E-state index in [0.29, 0.717) is 25.3 Å². The molecule has 2 rings (SSSR count). The number of ether oxygens (including phenoxy) is 1. The number of carbonyl (C=O) groups excluding carboxylic acids is 1. The van der Waals surface area contributed by atoms with Gasteiger partial charge in [-0.15, -0.1) is 0 Å². The second-order valence-corrected chi connectivity index (χ2v) is 6.32. The highest BCUT2D eigenvalue weighted by atomic mass is 16.5.